The lowest BCUT2D eigenvalue weighted by molar-refractivity contribution is -0.127. The highest BCUT2D eigenvalue weighted by Crippen LogP contribution is 2.24. The number of rotatable bonds is 6. The number of hydrogen-bond donors (Lipinski definition) is 2. The maximum Gasteiger partial charge on any atom is 0.243 e. The van der Waals surface area contributed by atoms with Crippen LogP contribution in [0.3, 0.4) is 0 Å². The third kappa shape index (κ3) is 4.62. The number of benzene rings is 2. The highest BCUT2D eigenvalue weighted by Gasteiger charge is 2.35. The number of ketones is 1. The molecule has 2 aromatic carbocycles. The van der Waals surface area contributed by atoms with Crippen LogP contribution in [0.1, 0.15) is 23.7 Å². The van der Waals surface area contributed by atoms with E-state index in [2.05, 4.69) is 10.6 Å². The summed E-state index contributed by atoms with van der Waals surface area (Å²) in [4.78, 5) is 49.6. The Kier molecular flexibility index (Phi) is 5.84. The van der Waals surface area contributed by atoms with E-state index in [1.807, 2.05) is 30.3 Å². The minimum atomic E-state index is -0.499. The summed E-state index contributed by atoms with van der Waals surface area (Å²) in [6.45, 7) is 1.53. The van der Waals surface area contributed by atoms with Gasteiger partial charge in [0.05, 0.1) is 12.5 Å². The largest absolute Gasteiger partial charge is 0.347 e. The summed E-state index contributed by atoms with van der Waals surface area (Å²) in [7, 11) is 0. The number of anilines is 2. The molecule has 3 amide bonds. The van der Waals surface area contributed by atoms with Gasteiger partial charge in [-0.2, -0.15) is 0 Å². The van der Waals surface area contributed by atoms with Crippen LogP contribution >= 0.6 is 0 Å². The molecule has 2 N–H and O–H groups in total. The van der Waals surface area contributed by atoms with Gasteiger partial charge in [-0.1, -0.05) is 30.3 Å². The highest BCUT2D eigenvalue weighted by atomic mass is 16.2. The van der Waals surface area contributed by atoms with Crippen molar-refractivity contribution < 1.29 is 19.2 Å². The molecule has 0 unspecified atom stereocenters. The van der Waals surface area contributed by atoms with Crippen molar-refractivity contribution >= 4 is 34.9 Å². The second-order valence-corrected chi connectivity index (χ2v) is 6.64. The lowest BCUT2D eigenvalue weighted by Crippen LogP contribution is -2.37. The topological polar surface area (TPSA) is 95.6 Å². The van der Waals surface area contributed by atoms with E-state index in [4.69, 9.17) is 0 Å². The van der Waals surface area contributed by atoms with Crippen LogP contribution in [0.4, 0.5) is 11.4 Å². The summed E-state index contributed by atoms with van der Waals surface area (Å²) < 4.78 is 0. The van der Waals surface area contributed by atoms with Crippen LogP contribution < -0.4 is 15.5 Å². The molecule has 7 heteroatoms. The Morgan fingerprint density at radius 2 is 1.82 bits per heavy atom. The Bertz CT molecular complexity index is 911. The van der Waals surface area contributed by atoms with Crippen molar-refractivity contribution in [2.45, 2.75) is 13.3 Å². The van der Waals surface area contributed by atoms with E-state index in [9.17, 15) is 19.2 Å². The van der Waals surface area contributed by atoms with Crippen LogP contribution in [0.5, 0.6) is 0 Å². The number of amides is 3. The lowest BCUT2D eigenvalue weighted by Gasteiger charge is -2.16. The molecular weight excluding hydrogens is 358 g/mol. The monoisotopic (exact) mass is 379 g/mol. The molecule has 7 nitrogen and oxygen atoms in total. The number of carbonyl (C=O) groups is 4. The van der Waals surface area contributed by atoms with Crippen molar-refractivity contribution in [1.29, 1.82) is 0 Å². The molecule has 0 aliphatic carbocycles. The van der Waals surface area contributed by atoms with Crippen molar-refractivity contribution in [3.8, 4) is 0 Å². The number of nitrogens with one attached hydrogen (secondary N) is 2. The van der Waals surface area contributed by atoms with Gasteiger partial charge in [0.2, 0.25) is 17.7 Å². The lowest BCUT2D eigenvalue weighted by atomic mass is 10.1. The molecule has 1 aliphatic rings. The molecule has 1 atom stereocenters. The molecule has 28 heavy (non-hydrogen) atoms. The Morgan fingerprint density at radius 1 is 1.07 bits per heavy atom. The summed E-state index contributed by atoms with van der Waals surface area (Å²) in [6.07, 6.45) is 0.114. The van der Waals surface area contributed by atoms with Crippen molar-refractivity contribution in [2.75, 3.05) is 23.3 Å². The van der Waals surface area contributed by atoms with Gasteiger partial charge in [-0.25, -0.2) is 0 Å². The van der Waals surface area contributed by atoms with Crippen LogP contribution in [-0.4, -0.2) is 36.6 Å². The quantitative estimate of drug-likeness (QED) is 0.751. The zero-order chi connectivity index (χ0) is 20.1. The zero-order valence-electron chi connectivity index (χ0n) is 15.5. The van der Waals surface area contributed by atoms with Gasteiger partial charge in [0.25, 0.3) is 0 Å². The van der Waals surface area contributed by atoms with Crippen LogP contribution in [0.25, 0.3) is 0 Å². The van der Waals surface area contributed by atoms with Crippen LogP contribution in [0, 0.1) is 5.92 Å². The molecule has 0 spiro atoms. The van der Waals surface area contributed by atoms with E-state index in [1.54, 1.807) is 29.2 Å². The van der Waals surface area contributed by atoms with Crippen molar-refractivity contribution in [3.63, 3.8) is 0 Å². The summed E-state index contributed by atoms with van der Waals surface area (Å²) in [6, 6.07) is 15.8. The molecular formula is C21H21N3O4. The van der Waals surface area contributed by atoms with E-state index < -0.39 is 11.8 Å². The van der Waals surface area contributed by atoms with Crippen LogP contribution in [-0.2, 0) is 14.4 Å². The van der Waals surface area contributed by atoms with Gasteiger partial charge < -0.3 is 15.5 Å². The van der Waals surface area contributed by atoms with Crippen molar-refractivity contribution in [2.24, 2.45) is 5.92 Å². The first kappa shape index (κ1) is 19.3. The molecule has 1 heterocycles. The predicted octanol–water partition coefficient (Wildman–Crippen LogP) is 2.00. The fourth-order valence-corrected chi connectivity index (χ4v) is 3.07. The number of nitrogens with zero attached hydrogens (tertiary/aromatic N) is 1. The maximum absolute atomic E-state index is 12.4. The van der Waals surface area contributed by atoms with E-state index >= 15 is 0 Å². The standard InChI is InChI=1S/C21H21N3O4/c1-14(25)15-6-5-7-17(10-15)23-19(26)12-22-21(28)16-11-20(27)24(13-16)18-8-3-2-4-9-18/h2-10,16H,11-13H2,1H3,(H,22,28)(H,23,26)/t16-/m1/s1. The predicted molar refractivity (Wildman–Crippen MR) is 105 cm³/mol. The number of hydrogen-bond acceptors (Lipinski definition) is 4. The molecule has 1 saturated heterocycles. The number of Topliss-reactive ketones (excluding diaryl/α,β-unsaturated/α-hetero) is 1. The zero-order valence-corrected chi connectivity index (χ0v) is 15.5. The Balaban J connectivity index is 1.51. The molecule has 0 bridgehead atoms. The molecule has 144 valence electrons. The normalized spacial score (nSPS) is 16.0. The third-order valence-electron chi connectivity index (χ3n) is 4.54. The van der Waals surface area contributed by atoms with Gasteiger partial charge in [0.15, 0.2) is 5.78 Å². The molecule has 1 aliphatic heterocycles. The molecule has 2 aromatic rings. The Hall–Kier alpha value is -3.48. The van der Waals surface area contributed by atoms with Gasteiger partial charge >= 0.3 is 0 Å². The second kappa shape index (κ2) is 8.47. The summed E-state index contributed by atoms with van der Waals surface area (Å²) in [5, 5.41) is 5.22. The van der Waals surface area contributed by atoms with E-state index in [-0.39, 0.29) is 37.1 Å². The minimum absolute atomic E-state index is 0.0988. The van der Waals surface area contributed by atoms with Crippen LogP contribution in [0.15, 0.2) is 54.6 Å². The van der Waals surface area contributed by atoms with E-state index in [1.165, 1.54) is 6.92 Å². The third-order valence-corrected chi connectivity index (χ3v) is 4.54. The SMILES string of the molecule is CC(=O)c1cccc(NC(=O)CNC(=O)[C@@H]2CC(=O)N(c3ccccc3)C2)c1. The van der Waals surface area contributed by atoms with E-state index in [0.717, 1.165) is 5.69 Å². The minimum Gasteiger partial charge on any atom is -0.347 e. The van der Waals surface area contributed by atoms with Gasteiger partial charge in [-0.05, 0) is 31.2 Å². The summed E-state index contributed by atoms with van der Waals surface area (Å²) >= 11 is 0. The first-order valence-corrected chi connectivity index (χ1v) is 8.98. The summed E-state index contributed by atoms with van der Waals surface area (Å²) in [5.74, 6) is -1.45. The van der Waals surface area contributed by atoms with Gasteiger partial charge in [-0.15, -0.1) is 0 Å². The first-order valence-electron chi connectivity index (χ1n) is 8.98. The number of carbonyl (C=O) groups excluding carboxylic acids is 4. The average molecular weight is 379 g/mol. The van der Waals surface area contributed by atoms with Gasteiger partial charge in [-0.3, -0.25) is 19.2 Å². The van der Waals surface area contributed by atoms with E-state index in [0.29, 0.717) is 11.3 Å². The van der Waals surface area contributed by atoms with Crippen molar-refractivity contribution in [3.05, 3.63) is 60.2 Å². The Morgan fingerprint density at radius 3 is 2.54 bits per heavy atom. The second-order valence-electron chi connectivity index (χ2n) is 6.64. The first-order chi connectivity index (χ1) is 13.4. The molecule has 3 rings (SSSR count). The molecule has 1 fully saturated rings. The maximum atomic E-state index is 12.4. The van der Waals surface area contributed by atoms with Gasteiger partial charge in [0, 0.05) is 29.9 Å². The van der Waals surface area contributed by atoms with Crippen molar-refractivity contribution in [1.82, 2.24) is 5.32 Å². The number of para-hydroxylation sites is 1. The molecule has 0 saturated carbocycles. The summed E-state index contributed by atoms with van der Waals surface area (Å²) in [5.41, 5.74) is 1.73. The molecule has 0 radical (unpaired) electrons. The highest BCUT2D eigenvalue weighted by molar-refractivity contribution is 6.02. The Labute approximate surface area is 162 Å². The smallest absolute Gasteiger partial charge is 0.243 e. The average Bonchev–Trinajstić information content (AvgIpc) is 3.09. The fraction of sp³-hybridized carbons (Fsp3) is 0.238. The van der Waals surface area contributed by atoms with Gasteiger partial charge in [0.1, 0.15) is 0 Å². The fourth-order valence-electron chi connectivity index (χ4n) is 3.07. The molecule has 0 aromatic heterocycles. The van der Waals surface area contributed by atoms with Crippen LogP contribution in [0.2, 0.25) is 0 Å².